The van der Waals surface area contributed by atoms with Gasteiger partial charge in [0.2, 0.25) is 10.0 Å². The molecule has 0 radical (unpaired) electrons. The van der Waals surface area contributed by atoms with E-state index >= 15 is 0 Å². The van der Waals surface area contributed by atoms with Crippen LogP contribution in [0.4, 0.5) is 0 Å². The highest BCUT2D eigenvalue weighted by Crippen LogP contribution is 2.32. The Bertz CT molecular complexity index is 320. The van der Waals surface area contributed by atoms with Gasteiger partial charge in [-0.2, -0.15) is 0 Å². The zero-order chi connectivity index (χ0) is 12.8. The zero-order valence-electron chi connectivity index (χ0n) is 10.2. The molecular weight excluding hydrogens is 230 g/mol. The Morgan fingerprint density at radius 2 is 1.75 bits per heavy atom. The van der Waals surface area contributed by atoms with E-state index in [4.69, 9.17) is 9.88 Å². The van der Waals surface area contributed by atoms with Crippen LogP contribution in [0.2, 0.25) is 0 Å². The van der Waals surface area contributed by atoms with Gasteiger partial charge in [-0.05, 0) is 26.2 Å². The number of carbonyl (C=O) groups is 1. The lowest BCUT2D eigenvalue weighted by molar-refractivity contribution is -0.156. The van der Waals surface area contributed by atoms with Gasteiger partial charge in [0.15, 0.2) is 0 Å². The molecule has 0 aliphatic heterocycles. The van der Waals surface area contributed by atoms with E-state index in [1.54, 1.807) is 6.92 Å². The van der Waals surface area contributed by atoms with Crippen LogP contribution in [-0.2, 0) is 19.6 Å². The van der Waals surface area contributed by atoms with Crippen LogP contribution in [0.5, 0.6) is 0 Å². The number of ether oxygens (including phenoxy) is 1. The molecule has 0 amide bonds. The lowest BCUT2D eigenvalue weighted by atomic mass is 9.80. The fourth-order valence-electron chi connectivity index (χ4n) is 1.62. The van der Waals surface area contributed by atoms with Crippen LogP contribution in [0, 0.1) is 5.41 Å². The van der Waals surface area contributed by atoms with Crippen LogP contribution in [0.25, 0.3) is 0 Å². The minimum atomic E-state index is -3.53. The molecule has 5 nitrogen and oxygen atoms in total. The number of sulfonamides is 1. The number of carbonyl (C=O) groups excluding carboxylic acids is 1. The van der Waals surface area contributed by atoms with Gasteiger partial charge in [0.1, 0.15) is 0 Å². The SMILES string of the molecule is CCOC(=O)C(CC)(CC)CCS(N)(=O)=O. The Hall–Kier alpha value is -0.620. The van der Waals surface area contributed by atoms with E-state index in [2.05, 4.69) is 0 Å². The molecule has 0 fully saturated rings. The van der Waals surface area contributed by atoms with Crippen LogP contribution in [-0.4, -0.2) is 26.7 Å². The second-order valence-corrected chi connectivity index (χ2v) is 5.56. The molecule has 6 heteroatoms. The first kappa shape index (κ1) is 15.4. The van der Waals surface area contributed by atoms with Crippen molar-refractivity contribution in [2.75, 3.05) is 12.4 Å². The van der Waals surface area contributed by atoms with E-state index in [1.165, 1.54) is 0 Å². The van der Waals surface area contributed by atoms with Gasteiger partial charge < -0.3 is 4.74 Å². The van der Waals surface area contributed by atoms with Crippen molar-refractivity contribution in [1.82, 2.24) is 0 Å². The largest absolute Gasteiger partial charge is 0.466 e. The van der Waals surface area contributed by atoms with Gasteiger partial charge in [-0.15, -0.1) is 0 Å². The summed E-state index contributed by atoms with van der Waals surface area (Å²) in [6.07, 6.45) is 1.33. The number of nitrogens with two attached hydrogens (primary N) is 1. The summed E-state index contributed by atoms with van der Waals surface area (Å²) in [5.41, 5.74) is -0.720. The normalized spacial score (nSPS) is 12.5. The number of hydrogen-bond donors (Lipinski definition) is 1. The molecule has 0 aromatic heterocycles. The molecule has 0 aromatic carbocycles. The summed E-state index contributed by atoms with van der Waals surface area (Å²) in [5.74, 6) is -0.517. The molecule has 0 aromatic rings. The van der Waals surface area contributed by atoms with Crippen molar-refractivity contribution >= 4 is 16.0 Å². The van der Waals surface area contributed by atoms with Crippen molar-refractivity contribution in [1.29, 1.82) is 0 Å². The van der Waals surface area contributed by atoms with Crippen LogP contribution in [0.3, 0.4) is 0 Å². The molecule has 0 saturated heterocycles. The van der Waals surface area contributed by atoms with Gasteiger partial charge in [-0.25, -0.2) is 13.6 Å². The molecule has 0 aliphatic rings. The predicted octanol–water partition coefficient (Wildman–Crippen LogP) is 1.03. The van der Waals surface area contributed by atoms with Crippen LogP contribution in [0.15, 0.2) is 0 Å². The summed E-state index contributed by atoms with van der Waals surface area (Å²) in [6.45, 7) is 5.73. The molecule has 0 rings (SSSR count). The van der Waals surface area contributed by atoms with Crippen molar-refractivity contribution in [2.45, 2.75) is 40.0 Å². The summed E-state index contributed by atoms with van der Waals surface area (Å²) in [5, 5.41) is 4.95. The zero-order valence-corrected chi connectivity index (χ0v) is 11.0. The summed E-state index contributed by atoms with van der Waals surface area (Å²) in [4.78, 5) is 11.8. The Labute approximate surface area is 97.4 Å². The maximum absolute atomic E-state index is 11.8. The molecule has 0 aliphatic carbocycles. The average Bonchev–Trinajstić information content (AvgIpc) is 2.19. The monoisotopic (exact) mass is 251 g/mol. The van der Waals surface area contributed by atoms with Gasteiger partial charge in [0.25, 0.3) is 0 Å². The first-order valence-electron chi connectivity index (χ1n) is 5.49. The van der Waals surface area contributed by atoms with E-state index in [0.29, 0.717) is 19.4 Å². The van der Waals surface area contributed by atoms with Crippen LogP contribution >= 0.6 is 0 Å². The molecule has 0 bridgehead atoms. The van der Waals surface area contributed by atoms with E-state index in [9.17, 15) is 13.2 Å². The van der Waals surface area contributed by atoms with Crippen molar-refractivity contribution in [2.24, 2.45) is 10.6 Å². The van der Waals surface area contributed by atoms with Crippen molar-refractivity contribution in [3.05, 3.63) is 0 Å². The lowest BCUT2D eigenvalue weighted by Gasteiger charge is -2.28. The summed E-state index contributed by atoms with van der Waals surface area (Å²) in [6, 6.07) is 0. The second kappa shape index (κ2) is 6.20. The number of rotatable bonds is 7. The molecule has 0 saturated carbocycles. The van der Waals surface area contributed by atoms with E-state index in [1.807, 2.05) is 13.8 Å². The standard InChI is InChI=1S/C10H21NO4S/c1-4-10(5-2,9(12)15-6-3)7-8-16(11,13)14/h4-8H2,1-3H3,(H2,11,13,14). The highest BCUT2D eigenvalue weighted by molar-refractivity contribution is 7.89. The fraction of sp³-hybridized carbons (Fsp3) is 0.900. The Morgan fingerprint density at radius 1 is 1.25 bits per heavy atom. The van der Waals surface area contributed by atoms with E-state index < -0.39 is 15.4 Å². The molecule has 16 heavy (non-hydrogen) atoms. The minimum absolute atomic E-state index is 0.187. The molecule has 2 N–H and O–H groups in total. The Kier molecular flexibility index (Phi) is 5.96. The van der Waals surface area contributed by atoms with Crippen molar-refractivity contribution < 1.29 is 17.9 Å². The Morgan fingerprint density at radius 3 is 2.06 bits per heavy atom. The van der Waals surface area contributed by atoms with Crippen molar-refractivity contribution in [3.8, 4) is 0 Å². The first-order valence-corrected chi connectivity index (χ1v) is 7.20. The molecule has 0 spiro atoms. The summed E-state index contributed by atoms with van der Waals surface area (Å²) < 4.78 is 26.8. The summed E-state index contributed by atoms with van der Waals surface area (Å²) in [7, 11) is -3.53. The topological polar surface area (TPSA) is 86.5 Å². The summed E-state index contributed by atoms with van der Waals surface area (Å²) >= 11 is 0. The lowest BCUT2D eigenvalue weighted by Crippen LogP contribution is -2.35. The maximum Gasteiger partial charge on any atom is 0.312 e. The highest BCUT2D eigenvalue weighted by Gasteiger charge is 2.36. The third-order valence-corrected chi connectivity index (χ3v) is 3.70. The third kappa shape index (κ3) is 4.49. The fourth-order valence-corrected chi connectivity index (χ4v) is 2.29. The predicted molar refractivity (Wildman–Crippen MR) is 62.2 cm³/mol. The van der Waals surface area contributed by atoms with Gasteiger partial charge in [0.05, 0.1) is 17.8 Å². The molecule has 0 unspecified atom stereocenters. The molecular formula is C10H21NO4S. The molecule has 0 atom stereocenters. The van der Waals surface area contributed by atoms with Gasteiger partial charge >= 0.3 is 5.97 Å². The van der Waals surface area contributed by atoms with E-state index in [0.717, 1.165) is 0 Å². The second-order valence-electron chi connectivity index (χ2n) is 3.82. The van der Waals surface area contributed by atoms with Crippen LogP contribution in [0.1, 0.15) is 40.0 Å². The van der Waals surface area contributed by atoms with Gasteiger partial charge in [-0.1, -0.05) is 13.8 Å². The van der Waals surface area contributed by atoms with Gasteiger partial charge in [-0.3, -0.25) is 4.79 Å². The van der Waals surface area contributed by atoms with Gasteiger partial charge in [0, 0.05) is 0 Å². The number of esters is 1. The minimum Gasteiger partial charge on any atom is -0.466 e. The van der Waals surface area contributed by atoms with E-state index in [-0.39, 0.29) is 18.1 Å². The quantitative estimate of drug-likeness (QED) is 0.685. The molecule has 96 valence electrons. The number of hydrogen-bond acceptors (Lipinski definition) is 4. The highest BCUT2D eigenvalue weighted by atomic mass is 32.2. The van der Waals surface area contributed by atoms with Crippen molar-refractivity contribution in [3.63, 3.8) is 0 Å². The number of primary sulfonamides is 1. The first-order chi connectivity index (χ1) is 7.31. The molecule has 0 heterocycles. The third-order valence-electron chi connectivity index (χ3n) is 2.93. The Balaban J connectivity index is 4.75. The average molecular weight is 251 g/mol. The maximum atomic E-state index is 11.8. The van der Waals surface area contributed by atoms with Crippen LogP contribution < -0.4 is 5.14 Å². The smallest absolute Gasteiger partial charge is 0.312 e.